The molecule has 3 aromatic rings. The SMILES string of the molecule is CCc1ccccc1CN1CCc2nc(-c3ccco3)ncc2C1. The second-order valence-electron chi connectivity index (χ2n) is 6.23. The van der Waals surface area contributed by atoms with Crippen LogP contribution in [0.1, 0.15) is 29.3 Å². The van der Waals surface area contributed by atoms with Gasteiger partial charge in [0.25, 0.3) is 0 Å². The molecule has 0 bridgehead atoms. The molecule has 122 valence electrons. The molecule has 0 saturated heterocycles. The van der Waals surface area contributed by atoms with Crippen LogP contribution in [0.25, 0.3) is 11.6 Å². The quantitative estimate of drug-likeness (QED) is 0.732. The Hall–Kier alpha value is -2.46. The highest BCUT2D eigenvalue weighted by atomic mass is 16.3. The van der Waals surface area contributed by atoms with E-state index < -0.39 is 0 Å². The number of hydrogen-bond acceptors (Lipinski definition) is 4. The van der Waals surface area contributed by atoms with Crippen molar-refractivity contribution in [1.82, 2.24) is 14.9 Å². The maximum Gasteiger partial charge on any atom is 0.195 e. The van der Waals surface area contributed by atoms with E-state index in [1.165, 1.54) is 16.7 Å². The lowest BCUT2D eigenvalue weighted by molar-refractivity contribution is 0.242. The van der Waals surface area contributed by atoms with E-state index >= 15 is 0 Å². The molecule has 1 aliphatic rings. The van der Waals surface area contributed by atoms with Crippen LogP contribution in [0.2, 0.25) is 0 Å². The molecule has 24 heavy (non-hydrogen) atoms. The Bertz CT molecular complexity index is 827. The van der Waals surface area contributed by atoms with Crippen LogP contribution in [0.15, 0.2) is 53.3 Å². The summed E-state index contributed by atoms with van der Waals surface area (Å²) < 4.78 is 5.40. The van der Waals surface area contributed by atoms with E-state index in [0.29, 0.717) is 5.82 Å². The van der Waals surface area contributed by atoms with Crippen molar-refractivity contribution in [2.75, 3.05) is 6.54 Å². The molecular weight excluding hydrogens is 298 g/mol. The van der Waals surface area contributed by atoms with Gasteiger partial charge in [-0.3, -0.25) is 4.90 Å². The smallest absolute Gasteiger partial charge is 0.195 e. The molecule has 0 amide bonds. The molecule has 0 atom stereocenters. The molecule has 1 aliphatic heterocycles. The number of hydrogen-bond donors (Lipinski definition) is 0. The second-order valence-corrected chi connectivity index (χ2v) is 6.23. The minimum absolute atomic E-state index is 0.684. The molecule has 0 aliphatic carbocycles. The zero-order valence-corrected chi connectivity index (χ0v) is 13.9. The topological polar surface area (TPSA) is 42.2 Å². The van der Waals surface area contributed by atoms with Gasteiger partial charge in [-0.05, 0) is 29.7 Å². The molecule has 0 N–H and O–H groups in total. The highest BCUT2D eigenvalue weighted by Crippen LogP contribution is 2.23. The molecule has 4 rings (SSSR count). The lowest BCUT2D eigenvalue weighted by atomic mass is 10.0. The van der Waals surface area contributed by atoms with Gasteiger partial charge in [-0.2, -0.15) is 0 Å². The zero-order chi connectivity index (χ0) is 16.4. The lowest BCUT2D eigenvalue weighted by Gasteiger charge is -2.28. The van der Waals surface area contributed by atoms with Crippen LogP contribution < -0.4 is 0 Å². The predicted molar refractivity (Wildman–Crippen MR) is 93.4 cm³/mol. The van der Waals surface area contributed by atoms with Gasteiger partial charge in [-0.25, -0.2) is 9.97 Å². The van der Waals surface area contributed by atoms with Gasteiger partial charge >= 0.3 is 0 Å². The number of benzene rings is 1. The van der Waals surface area contributed by atoms with Gasteiger partial charge < -0.3 is 4.42 Å². The van der Waals surface area contributed by atoms with Crippen molar-refractivity contribution in [1.29, 1.82) is 0 Å². The fourth-order valence-corrected chi connectivity index (χ4v) is 3.33. The third kappa shape index (κ3) is 2.97. The number of fused-ring (bicyclic) bond motifs is 1. The number of rotatable bonds is 4. The van der Waals surface area contributed by atoms with Crippen molar-refractivity contribution in [3.63, 3.8) is 0 Å². The predicted octanol–water partition coefficient (Wildman–Crippen LogP) is 3.86. The van der Waals surface area contributed by atoms with Crippen molar-refractivity contribution in [2.45, 2.75) is 32.9 Å². The summed E-state index contributed by atoms with van der Waals surface area (Å²) in [7, 11) is 0. The molecular formula is C20H21N3O. The third-order valence-corrected chi connectivity index (χ3v) is 4.65. The highest BCUT2D eigenvalue weighted by molar-refractivity contribution is 5.47. The highest BCUT2D eigenvalue weighted by Gasteiger charge is 2.20. The largest absolute Gasteiger partial charge is 0.461 e. The van der Waals surface area contributed by atoms with Crippen molar-refractivity contribution >= 4 is 0 Å². The molecule has 0 unspecified atom stereocenters. The van der Waals surface area contributed by atoms with Gasteiger partial charge in [-0.15, -0.1) is 0 Å². The number of aromatic nitrogens is 2. The first-order chi connectivity index (χ1) is 11.8. The Balaban J connectivity index is 1.52. The van der Waals surface area contributed by atoms with Gasteiger partial charge in [-0.1, -0.05) is 31.2 Å². The molecule has 2 aromatic heterocycles. The summed E-state index contributed by atoms with van der Waals surface area (Å²) in [6, 6.07) is 12.5. The monoisotopic (exact) mass is 319 g/mol. The summed E-state index contributed by atoms with van der Waals surface area (Å²) in [5.41, 5.74) is 5.24. The molecule has 4 heteroatoms. The van der Waals surface area contributed by atoms with Crippen LogP contribution in [0.4, 0.5) is 0 Å². The number of furan rings is 1. The summed E-state index contributed by atoms with van der Waals surface area (Å²) in [5, 5.41) is 0. The average molecular weight is 319 g/mol. The minimum Gasteiger partial charge on any atom is -0.461 e. The van der Waals surface area contributed by atoms with Crippen LogP contribution in [-0.4, -0.2) is 21.4 Å². The molecule has 3 heterocycles. The minimum atomic E-state index is 0.684. The molecule has 0 fully saturated rings. The Morgan fingerprint density at radius 3 is 2.79 bits per heavy atom. The molecule has 0 radical (unpaired) electrons. The maximum atomic E-state index is 5.40. The van der Waals surface area contributed by atoms with E-state index in [2.05, 4.69) is 41.1 Å². The van der Waals surface area contributed by atoms with Gasteiger partial charge in [0.15, 0.2) is 11.6 Å². The summed E-state index contributed by atoms with van der Waals surface area (Å²) in [6.07, 6.45) is 5.65. The molecule has 0 spiro atoms. The summed E-state index contributed by atoms with van der Waals surface area (Å²) in [4.78, 5) is 11.7. The number of aryl methyl sites for hydroxylation is 1. The van der Waals surface area contributed by atoms with E-state index in [9.17, 15) is 0 Å². The van der Waals surface area contributed by atoms with Crippen LogP contribution in [0, 0.1) is 0 Å². The second kappa shape index (κ2) is 6.57. The van der Waals surface area contributed by atoms with Gasteiger partial charge in [0, 0.05) is 37.8 Å². The first kappa shape index (κ1) is 15.1. The Morgan fingerprint density at radius 2 is 2.00 bits per heavy atom. The van der Waals surface area contributed by atoms with E-state index in [-0.39, 0.29) is 0 Å². The standard InChI is InChI=1S/C20H21N3O/c1-2-15-6-3-4-7-16(15)13-23-10-9-18-17(14-23)12-21-20(22-18)19-8-5-11-24-19/h3-8,11-12H,2,9-10,13-14H2,1H3. The van der Waals surface area contributed by atoms with Crippen molar-refractivity contribution < 1.29 is 4.42 Å². The molecule has 4 nitrogen and oxygen atoms in total. The van der Waals surface area contributed by atoms with E-state index in [1.54, 1.807) is 6.26 Å². The van der Waals surface area contributed by atoms with Crippen LogP contribution in [-0.2, 0) is 25.9 Å². The van der Waals surface area contributed by atoms with Gasteiger partial charge in [0.1, 0.15) is 0 Å². The Labute approximate surface area is 142 Å². The average Bonchev–Trinajstić information content (AvgIpc) is 3.16. The summed E-state index contributed by atoms with van der Waals surface area (Å²) in [6.45, 7) is 5.14. The fourth-order valence-electron chi connectivity index (χ4n) is 3.33. The molecule has 0 saturated carbocycles. The van der Waals surface area contributed by atoms with Gasteiger partial charge in [0.05, 0.1) is 12.0 Å². The molecule has 1 aromatic carbocycles. The fraction of sp³-hybridized carbons (Fsp3) is 0.300. The third-order valence-electron chi connectivity index (χ3n) is 4.65. The lowest BCUT2D eigenvalue weighted by Crippen LogP contribution is -2.31. The summed E-state index contributed by atoms with van der Waals surface area (Å²) in [5.74, 6) is 1.42. The number of nitrogens with zero attached hydrogens (tertiary/aromatic N) is 3. The van der Waals surface area contributed by atoms with Crippen molar-refractivity contribution in [2.24, 2.45) is 0 Å². The van der Waals surface area contributed by atoms with E-state index in [4.69, 9.17) is 9.40 Å². The maximum absolute atomic E-state index is 5.40. The first-order valence-corrected chi connectivity index (χ1v) is 8.51. The first-order valence-electron chi connectivity index (χ1n) is 8.51. The Morgan fingerprint density at radius 1 is 1.12 bits per heavy atom. The van der Waals surface area contributed by atoms with E-state index in [0.717, 1.165) is 43.9 Å². The van der Waals surface area contributed by atoms with Crippen molar-refractivity contribution in [3.8, 4) is 11.6 Å². The van der Waals surface area contributed by atoms with Crippen molar-refractivity contribution in [3.05, 3.63) is 71.2 Å². The van der Waals surface area contributed by atoms with Gasteiger partial charge in [0.2, 0.25) is 0 Å². The van der Waals surface area contributed by atoms with E-state index in [1.807, 2.05) is 18.3 Å². The Kier molecular flexibility index (Phi) is 4.13. The van der Waals surface area contributed by atoms with Crippen LogP contribution in [0.5, 0.6) is 0 Å². The van der Waals surface area contributed by atoms with Crippen LogP contribution in [0.3, 0.4) is 0 Å². The normalized spacial score (nSPS) is 14.5. The zero-order valence-electron chi connectivity index (χ0n) is 13.9. The summed E-state index contributed by atoms with van der Waals surface area (Å²) >= 11 is 0. The van der Waals surface area contributed by atoms with Crippen LogP contribution >= 0.6 is 0 Å².